The Labute approximate surface area is 165 Å². The molecule has 1 aromatic carbocycles. The molecule has 3 rings (SSSR count). The molecule has 0 aliphatic carbocycles. The summed E-state index contributed by atoms with van der Waals surface area (Å²) in [5, 5.41) is 3.39. The van der Waals surface area contributed by atoms with E-state index in [1.54, 1.807) is 11.1 Å². The molecule has 0 spiro atoms. The molecule has 148 valence electrons. The van der Waals surface area contributed by atoms with E-state index in [1.807, 2.05) is 48.7 Å². The lowest BCUT2D eigenvalue weighted by Crippen LogP contribution is -2.50. The molecule has 1 atom stereocenters. The maximum atomic E-state index is 13.1. The van der Waals surface area contributed by atoms with Gasteiger partial charge in [-0.1, -0.05) is 36.4 Å². The highest BCUT2D eigenvalue weighted by atomic mass is 16.2. The zero-order valence-electron chi connectivity index (χ0n) is 16.0. The average molecular weight is 381 g/mol. The summed E-state index contributed by atoms with van der Waals surface area (Å²) in [6, 6.07) is 13.8. The number of aromatic nitrogens is 1. The van der Waals surface area contributed by atoms with E-state index in [1.165, 1.54) is 0 Å². The summed E-state index contributed by atoms with van der Waals surface area (Å²) in [6.45, 7) is 3.49. The van der Waals surface area contributed by atoms with E-state index in [-0.39, 0.29) is 18.4 Å². The minimum atomic E-state index is -0.402. The SMILES string of the molecule is NC(=O)CCN(Cc1ccccc1)C(=O)CN1CCNCC1c1cccnc1. The van der Waals surface area contributed by atoms with Gasteiger partial charge < -0.3 is 16.0 Å². The molecular weight excluding hydrogens is 354 g/mol. The molecule has 2 amide bonds. The Bertz CT molecular complexity index is 769. The maximum Gasteiger partial charge on any atom is 0.237 e. The highest BCUT2D eigenvalue weighted by Gasteiger charge is 2.27. The standard InChI is InChI=1S/C21H27N5O2/c22-20(27)8-11-26(15-17-5-2-1-3-6-17)21(28)16-25-12-10-24-14-19(25)18-7-4-9-23-13-18/h1-7,9,13,19,24H,8,10-12,14-16H2,(H2,22,27). The minimum absolute atomic E-state index is 0.000827. The summed E-state index contributed by atoms with van der Waals surface area (Å²) >= 11 is 0. The van der Waals surface area contributed by atoms with E-state index in [0.29, 0.717) is 19.6 Å². The molecule has 2 heterocycles. The lowest BCUT2D eigenvalue weighted by Gasteiger charge is -2.37. The fourth-order valence-corrected chi connectivity index (χ4v) is 3.45. The second kappa shape index (κ2) is 9.96. The molecule has 1 aliphatic heterocycles. The van der Waals surface area contributed by atoms with Crippen LogP contribution < -0.4 is 11.1 Å². The third-order valence-corrected chi connectivity index (χ3v) is 4.96. The summed E-state index contributed by atoms with van der Waals surface area (Å²) in [6.07, 6.45) is 3.76. The van der Waals surface area contributed by atoms with Crippen molar-refractivity contribution in [2.24, 2.45) is 5.73 Å². The smallest absolute Gasteiger partial charge is 0.237 e. The van der Waals surface area contributed by atoms with Crippen molar-refractivity contribution >= 4 is 11.8 Å². The van der Waals surface area contributed by atoms with E-state index < -0.39 is 5.91 Å². The van der Waals surface area contributed by atoms with Crippen LogP contribution >= 0.6 is 0 Å². The molecule has 7 nitrogen and oxygen atoms in total. The van der Waals surface area contributed by atoms with E-state index in [0.717, 1.165) is 30.8 Å². The Morgan fingerprint density at radius 3 is 2.75 bits per heavy atom. The van der Waals surface area contributed by atoms with Crippen molar-refractivity contribution in [2.75, 3.05) is 32.7 Å². The largest absolute Gasteiger partial charge is 0.370 e. The van der Waals surface area contributed by atoms with Gasteiger partial charge in [0.15, 0.2) is 0 Å². The van der Waals surface area contributed by atoms with Gasteiger partial charge >= 0.3 is 0 Å². The highest BCUT2D eigenvalue weighted by Crippen LogP contribution is 2.21. The first-order chi connectivity index (χ1) is 13.6. The number of amides is 2. The third kappa shape index (κ3) is 5.61. The van der Waals surface area contributed by atoms with Gasteiger partial charge in [0.1, 0.15) is 0 Å². The molecule has 0 saturated carbocycles. The summed E-state index contributed by atoms with van der Waals surface area (Å²) in [5.41, 5.74) is 7.44. The van der Waals surface area contributed by atoms with Crippen molar-refractivity contribution in [1.82, 2.24) is 20.1 Å². The summed E-state index contributed by atoms with van der Waals surface area (Å²) in [4.78, 5) is 32.5. The van der Waals surface area contributed by atoms with Gasteiger partial charge in [-0.15, -0.1) is 0 Å². The fourth-order valence-electron chi connectivity index (χ4n) is 3.45. The molecule has 28 heavy (non-hydrogen) atoms. The van der Waals surface area contributed by atoms with Crippen molar-refractivity contribution in [3.63, 3.8) is 0 Å². The number of primary amides is 1. The second-order valence-corrected chi connectivity index (χ2v) is 6.99. The van der Waals surface area contributed by atoms with Crippen molar-refractivity contribution in [3.05, 3.63) is 66.0 Å². The number of pyridine rings is 1. The molecule has 2 aromatic rings. The molecule has 7 heteroatoms. The van der Waals surface area contributed by atoms with E-state index in [4.69, 9.17) is 5.73 Å². The van der Waals surface area contributed by atoms with Gasteiger partial charge in [-0.25, -0.2) is 0 Å². The first kappa shape index (κ1) is 20.0. The monoisotopic (exact) mass is 381 g/mol. The van der Waals surface area contributed by atoms with Crippen LogP contribution in [0.25, 0.3) is 0 Å². The number of nitrogens with one attached hydrogen (secondary N) is 1. The third-order valence-electron chi connectivity index (χ3n) is 4.96. The van der Waals surface area contributed by atoms with Crippen molar-refractivity contribution in [2.45, 2.75) is 19.0 Å². The van der Waals surface area contributed by atoms with Crippen molar-refractivity contribution in [1.29, 1.82) is 0 Å². The molecule has 1 fully saturated rings. The number of hydrogen-bond donors (Lipinski definition) is 2. The number of hydrogen-bond acceptors (Lipinski definition) is 5. The second-order valence-electron chi connectivity index (χ2n) is 6.99. The zero-order chi connectivity index (χ0) is 19.8. The zero-order valence-corrected chi connectivity index (χ0v) is 16.0. The van der Waals surface area contributed by atoms with Crippen molar-refractivity contribution in [3.8, 4) is 0 Å². The van der Waals surface area contributed by atoms with Gasteiger partial charge in [-0.3, -0.25) is 19.5 Å². The molecule has 1 aromatic heterocycles. The molecule has 0 radical (unpaired) electrons. The van der Waals surface area contributed by atoms with Gasteiger partial charge in [0, 0.05) is 57.6 Å². The quantitative estimate of drug-likeness (QED) is 0.710. The molecule has 1 aliphatic rings. The summed E-state index contributed by atoms with van der Waals surface area (Å²) in [5.74, 6) is -0.401. The van der Waals surface area contributed by atoms with E-state index in [2.05, 4.69) is 15.2 Å². The number of benzene rings is 1. The molecule has 1 unspecified atom stereocenters. The Kier molecular flexibility index (Phi) is 7.11. The Balaban J connectivity index is 1.70. The number of nitrogens with two attached hydrogens (primary N) is 1. The molecule has 3 N–H and O–H groups in total. The van der Waals surface area contributed by atoms with Gasteiger partial charge in [-0.05, 0) is 17.2 Å². The van der Waals surface area contributed by atoms with Crippen LogP contribution in [0.3, 0.4) is 0 Å². The predicted octanol–water partition coefficient (Wildman–Crippen LogP) is 0.932. The highest BCUT2D eigenvalue weighted by molar-refractivity contribution is 5.79. The van der Waals surface area contributed by atoms with Gasteiger partial charge in [-0.2, -0.15) is 0 Å². The van der Waals surface area contributed by atoms with Crippen LogP contribution in [-0.2, 0) is 16.1 Å². The van der Waals surface area contributed by atoms with Crippen LogP contribution in [0.5, 0.6) is 0 Å². The number of nitrogens with zero attached hydrogens (tertiary/aromatic N) is 3. The molecule has 1 saturated heterocycles. The lowest BCUT2D eigenvalue weighted by atomic mass is 10.1. The topological polar surface area (TPSA) is 91.6 Å². The number of piperazine rings is 1. The molecular formula is C21H27N5O2. The van der Waals surface area contributed by atoms with Crippen LogP contribution in [0.2, 0.25) is 0 Å². The van der Waals surface area contributed by atoms with Crippen molar-refractivity contribution < 1.29 is 9.59 Å². The normalized spacial score (nSPS) is 17.2. The minimum Gasteiger partial charge on any atom is -0.370 e. The van der Waals surface area contributed by atoms with Crippen LogP contribution in [0.4, 0.5) is 0 Å². The molecule has 0 bridgehead atoms. The first-order valence-corrected chi connectivity index (χ1v) is 9.58. The lowest BCUT2D eigenvalue weighted by molar-refractivity contribution is -0.134. The van der Waals surface area contributed by atoms with E-state index in [9.17, 15) is 9.59 Å². The van der Waals surface area contributed by atoms with Crippen LogP contribution in [0, 0.1) is 0 Å². The fraction of sp³-hybridized carbons (Fsp3) is 0.381. The van der Waals surface area contributed by atoms with Crippen LogP contribution in [0.1, 0.15) is 23.6 Å². The predicted molar refractivity (Wildman–Crippen MR) is 107 cm³/mol. The van der Waals surface area contributed by atoms with Gasteiger partial charge in [0.25, 0.3) is 0 Å². The van der Waals surface area contributed by atoms with Gasteiger partial charge in [0.2, 0.25) is 11.8 Å². The van der Waals surface area contributed by atoms with Crippen LogP contribution in [0.15, 0.2) is 54.9 Å². The van der Waals surface area contributed by atoms with E-state index >= 15 is 0 Å². The number of rotatable bonds is 8. The van der Waals surface area contributed by atoms with Crippen LogP contribution in [-0.4, -0.2) is 59.3 Å². The number of carbonyl (C=O) groups is 2. The maximum absolute atomic E-state index is 13.1. The number of carbonyl (C=O) groups excluding carboxylic acids is 2. The summed E-state index contributed by atoms with van der Waals surface area (Å²) in [7, 11) is 0. The Hall–Kier alpha value is -2.77. The Morgan fingerprint density at radius 2 is 2.04 bits per heavy atom. The summed E-state index contributed by atoms with van der Waals surface area (Å²) < 4.78 is 0. The average Bonchev–Trinajstić information content (AvgIpc) is 2.72. The Morgan fingerprint density at radius 1 is 1.21 bits per heavy atom. The first-order valence-electron chi connectivity index (χ1n) is 9.58. The van der Waals surface area contributed by atoms with Gasteiger partial charge in [0.05, 0.1) is 6.54 Å².